The van der Waals surface area contributed by atoms with Gasteiger partial charge in [-0.2, -0.15) is 0 Å². The van der Waals surface area contributed by atoms with Crippen LogP contribution in [0, 0.1) is 0 Å². The van der Waals surface area contributed by atoms with E-state index in [1.807, 2.05) is 6.07 Å². The van der Waals surface area contributed by atoms with E-state index >= 15 is 0 Å². The number of rotatable bonds is 8. The van der Waals surface area contributed by atoms with Crippen LogP contribution in [0.1, 0.15) is 35.6 Å². The molecule has 0 saturated heterocycles. The lowest BCUT2D eigenvalue weighted by Crippen LogP contribution is -2.15. The maximum absolute atomic E-state index is 13.2. The molecule has 0 spiro atoms. The standard InChI is InChI=1S/C18H21O5P/c1-3-21-24(20,22-4-2)18(16-13-9-6-10-14-16)23-17(19)15-11-7-5-8-12-15/h5-14,18H,3-4H2,1-2H3. The molecular formula is C18H21O5P. The van der Waals surface area contributed by atoms with Gasteiger partial charge in [0.2, 0.25) is 5.85 Å². The highest BCUT2D eigenvalue weighted by atomic mass is 31.2. The quantitative estimate of drug-likeness (QED) is 0.506. The minimum Gasteiger partial charge on any atom is -0.441 e. The molecule has 0 fully saturated rings. The molecule has 0 radical (unpaired) electrons. The van der Waals surface area contributed by atoms with E-state index in [1.165, 1.54) is 0 Å². The van der Waals surface area contributed by atoms with Crippen molar-refractivity contribution < 1.29 is 23.1 Å². The van der Waals surface area contributed by atoms with Crippen molar-refractivity contribution in [3.05, 3.63) is 71.8 Å². The zero-order valence-electron chi connectivity index (χ0n) is 13.8. The fourth-order valence-electron chi connectivity index (χ4n) is 2.21. The van der Waals surface area contributed by atoms with Crippen molar-refractivity contribution in [1.29, 1.82) is 0 Å². The molecule has 2 aromatic carbocycles. The Labute approximate surface area is 142 Å². The Morgan fingerprint density at radius 2 is 1.42 bits per heavy atom. The number of esters is 1. The lowest BCUT2D eigenvalue weighted by Gasteiger charge is -2.26. The number of ether oxygens (including phenoxy) is 1. The first-order valence-corrected chi connectivity index (χ1v) is 9.41. The molecule has 1 unspecified atom stereocenters. The Hall–Kier alpha value is -1.94. The lowest BCUT2D eigenvalue weighted by atomic mass is 10.2. The molecule has 0 heterocycles. The highest BCUT2D eigenvalue weighted by molar-refractivity contribution is 7.54. The summed E-state index contributed by atoms with van der Waals surface area (Å²) in [6, 6.07) is 17.4. The van der Waals surface area contributed by atoms with Crippen molar-refractivity contribution in [2.75, 3.05) is 13.2 Å². The van der Waals surface area contributed by atoms with Crippen LogP contribution in [-0.2, 0) is 18.3 Å². The zero-order valence-corrected chi connectivity index (χ0v) is 14.6. The molecule has 0 amide bonds. The largest absolute Gasteiger partial charge is 0.441 e. The third-order valence-electron chi connectivity index (χ3n) is 3.22. The van der Waals surface area contributed by atoms with Gasteiger partial charge < -0.3 is 13.8 Å². The minimum atomic E-state index is -3.67. The summed E-state index contributed by atoms with van der Waals surface area (Å²) in [6.45, 7) is 3.80. The zero-order chi connectivity index (χ0) is 17.4. The maximum atomic E-state index is 13.2. The molecule has 24 heavy (non-hydrogen) atoms. The third kappa shape index (κ3) is 4.54. The summed E-state index contributed by atoms with van der Waals surface area (Å²) in [4.78, 5) is 12.4. The van der Waals surface area contributed by atoms with E-state index in [2.05, 4.69) is 0 Å². The predicted octanol–water partition coefficient (Wildman–Crippen LogP) is 4.81. The van der Waals surface area contributed by atoms with Gasteiger partial charge in [-0.15, -0.1) is 0 Å². The van der Waals surface area contributed by atoms with Gasteiger partial charge in [0, 0.05) is 5.56 Å². The summed E-state index contributed by atoms with van der Waals surface area (Å²) in [6.07, 6.45) is 0. The second kappa shape index (κ2) is 8.78. The molecule has 2 aromatic rings. The molecule has 2 rings (SSSR count). The van der Waals surface area contributed by atoms with Crippen molar-refractivity contribution in [2.45, 2.75) is 19.7 Å². The van der Waals surface area contributed by atoms with Gasteiger partial charge in [0.05, 0.1) is 18.8 Å². The topological polar surface area (TPSA) is 61.8 Å². The summed E-state index contributed by atoms with van der Waals surface area (Å²) in [5, 5.41) is 0. The Bertz CT molecular complexity index is 677. The molecule has 0 aliphatic heterocycles. The maximum Gasteiger partial charge on any atom is 0.375 e. The van der Waals surface area contributed by atoms with E-state index < -0.39 is 19.4 Å². The number of carbonyl (C=O) groups excluding carboxylic acids is 1. The number of carbonyl (C=O) groups is 1. The molecular weight excluding hydrogens is 327 g/mol. The molecule has 0 bridgehead atoms. The smallest absolute Gasteiger partial charge is 0.375 e. The van der Waals surface area contributed by atoms with E-state index in [-0.39, 0.29) is 13.2 Å². The van der Waals surface area contributed by atoms with Crippen molar-refractivity contribution >= 4 is 13.6 Å². The van der Waals surface area contributed by atoms with Gasteiger partial charge in [0.15, 0.2) is 0 Å². The first-order valence-electron chi connectivity index (χ1n) is 7.80. The average molecular weight is 348 g/mol. The first-order chi connectivity index (χ1) is 11.6. The third-order valence-corrected chi connectivity index (χ3v) is 5.43. The molecule has 0 aromatic heterocycles. The summed E-state index contributed by atoms with van der Waals surface area (Å²) in [5.74, 6) is -1.70. The fourth-order valence-corrected chi connectivity index (χ4v) is 4.04. The normalized spacial score (nSPS) is 12.6. The number of hydrogen-bond acceptors (Lipinski definition) is 5. The van der Waals surface area contributed by atoms with Gasteiger partial charge in [-0.3, -0.25) is 4.57 Å². The van der Waals surface area contributed by atoms with Crippen LogP contribution in [-0.4, -0.2) is 19.2 Å². The van der Waals surface area contributed by atoms with Gasteiger partial charge in [0.25, 0.3) is 0 Å². The van der Waals surface area contributed by atoms with E-state index in [0.717, 1.165) is 0 Å². The average Bonchev–Trinajstić information content (AvgIpc) is 2.61. The van der Waals surface area contributed by atoms with Crippen molar-refractivity contribution in [1.82, 2.24) is 0 Å². The van der Waals surface area contributed by atoms with Crippen LogP contribution in [0.2, 0.25) is 0 Å². The van der Waals surface area contributed by atoms with Crippen LogP contribution in [0.15, 0.2) is 60.7 Å². The van der Waals surface area contributed by atoms with Gasteiger partial charge >= 0.3 is 13.6 Å². The predicted molar refractivity (Wildman–Crippen MR) is 91.9 cm³/mol. The number of benzene rings is 2. The molecule has 0 aliphatic carbocycles. The molecule has 128 valence electrons. The van der Waals surface area contributed by atoms with Crippen LogP contribution in [0.5, 0.6) is 0 Å². The molecule has 0 N–H and O–H groups in total. The Morgan fingerprint density at radius 1 is 0.917 bits per heavy atom. The monoisotopic (exact) mass is 348 g/mol. The fraction of sp³-hybridized carbons (Fsp3) is 0.278. The van der Waals surface area contributed by atoms with E-state index in [9.17, 15) is 9.36 Å². The second-order valence-electron chi connectivity index (χ2n) is 4.91. The van der Waals surface area contributed by atoms with Gasteiger partial charge in [-0.1, -0.05) is 48.5 Å². The Kier molecular flexibility index (Phi) is 6.73. The van der Waals surface area contributed by atoms with Crippen LogP contribution >= 0.6 is 7.60 Å². The Morgan fingerprint density at radius 3 is 1.92 bits per heavy atom. The van der Waals surface area contributed by atoms with Crippen LogP contribution in [0.3, 0.4) is 0 Å². The van der Waals surface area contributed by atoms with E-state index in [4.69, 9.17) is 13.8 Å². The van der Waals surface area contributed by atoms with Crippen LogP contribution < -0.4 is 0 Å². The van der Waals surface area contributed by atoms with Crippen molar-refractivity contribution in [3.8, 4) is 0 Å². The van der Waals surface area contributed by atoms with Gasteiger partial charge in [-0.05, 0) is 26.0 Å². The first kappa shape index (κ1) is 18.4. The highest BCUT2D eigenvalue weighted by Gasteiger charge is 2.40. The van der Waals surface area contributed by atoms with E-state index in [1.54, 1.807) is 68.4 Å². The SMILES string of the molecule is CCOP(=O)(OCC)C(OC(=O)c1ccccc1)c1ccccc1. The summed E-state index contributed by atoms with van der Waals surface area (Å²) >= 11 is 0. The van der Waals surface area contributed by atoms with Crippen molar-refractivity contribution in [2.24, 2.45) is 0 Å². The van der Waals surface area contributed by atoms with Crippen LogP contribution in [0.4, 0.5) is 0 Å². The number of hydrogen-bond donors (Lipinski definition) is 0. The van der Waals surface area contributed by atoms with Crippen molar-refractivity contribution in [3.63, 3.8) is 0 Å². The van der Waals surface area contributed by atoms with Gasteiger partial charge in [0.1, 0.15) is 0 Å². The summed E-state index contributed by atoms with van der Waals surface area (Å²) < 4.78 is 29.5. The van der Waals surface area contributed by atoms with Gasteiger partial charge in [-0.25, -0.2) is 4.79 Å². The molecule has 1 atom stereocenters. The van der Waals surface area contributed by atoms with E-state index in [0.29, 0.717) is 11.1 Å². The summed E-state index contributed by atoms with van der Waals surface area (Å²) in [7, 11) is -3.67. The summed E-state index contributed by atoms with van der Waals surface area (Å²) in [5.41, 5.74) is 0.935. The minimum absolute atomic E-state index is 0.184. The molecule has 5 nitrogen and oxygen atoms in total. The lowest BCUT2D eigenvalue weighted by molar-refractivity contribution is 0.0364. The molecule has 6 heteroatoms. The second-order valence-corrected chi connectivity index (χ2v) is 6.97. The van der Waals surface area contributed by atoms with Crippen LogP contribution in [0.25, 0.3) is 0 Å². The Balaban J connectivity index is 2.36. The molecule has 0 aliphatic rings. The highest BCUT2D eigenvalue weighted by Crippen LogP contribution is 2.61. The molecule has 0 saturated carbocycles.